The van der Waals surface area contributed by atoms with Crippen LogP contribution < -0.4 is 0 Å². The van der Waals surface area contributed by atoms with Gasteiger partial charge in [-0.25, -0.2) is 9.97 Å². The molecule has 244 valence electrons. The van der Waals surface area contributed by atoms with Gasteiger partial charge in [-0.2, -0.15) is 0 Å². The highest BCUT2D eigenvalue weighted by Crippen LogP contribution is 2.52. The predicted molar refractivity (Wildman–Crippen MR) is 223 cm³/mol. The standard InChI is InChI=1S/C48H26N4S/c1-2-11-29(12-3-1)51-36-18-7-4-13-30(36)33-26-28(21-22-37(33)51)47-48(50-35-17-6-5-16-34(35)49-47)52-38-23-20-27-10-8-14-31-32-15-9-19-40-43(32)46-41(53-40)25-24-39(52)45(46)44(38)42(27)31/h1-26H. The molecule has 4 nitrogen and oxygen atoms in total. The zero-order valence-corrected chi connectivity index (χ0v) is 29.0. The summed E-state index contributed by atoms with van der Waals surface area (Å²) < 4.78 is 7.39. The van der Waals surface area contributed by atoms with E-state index in [1.165, 1.54) is 69.1 Å². The molecule has 0 saturated heterocycles. The summed E-state index contributed by atoms with van der Waals surface area (Å²) in [5.41, 5.74) is 12.0. The first-order chi connectivity index (χ1) is 26.3. The van der Waals surface area contributed by atoms with Crippen molar-refractivity contribution in [1.29, 1.82) is 0 Å². The molecule has 12 aromatic rings. The molecule has 0 atom stereocenters. The highest BCUT2D eigenvalue weighted by atomic mass is 32.1. The Hall–Kier alpha value is -6.82. The predicted octanol–water partition coefficient (Wildman–Crippen LogP) is 13.0. The van der Waals surface area contributed by atoms with Gasteiger partial charge < -0.3 is 4.57 Å². The van der Waals surface area contributed by atoms with Gasteiger partial charge in [0.15, 0.2) is 5.82 Å². The molecule has 1 aliphatic carbocycles. The van der Waals surface area contributed by atoms with Crippen molar-refractivity contribution < 1.29 is 0 Å². The minimum absolute atomic E-state index is 0.839. The van der Waals surface area contributed by atoms with Gasteiger partial charge in [-0.15, -0.1) is 11.3 Å². The lowest BCUT2D eigenvalue weighted by atomic mass is 9.95. The molecule has 0 amide bonds. The molecule has 0 saturated carbocycles. The Bertz CT molecular complexity index is 3570. The van der Waals surface area contributed by atoms with Crippen LogP contribution in [0, 0.1) is 0 Å². The molecule has 0 spiro atoms. The Morgan fingerprint density at radius 3 is 1.98 bits per heavy atom. The molecule has 1 aliphatic rings. The summed E-state index contributed by atoms with van der Waals surface area (Å²) in [7, 11) is 0. The summed E-state index contributed by atoms with van der Waals surface area (Å²) in [6.07, 6.45) is 0. The van der Waals surface area contributed by atoms with Gasteiger partial charge in [-0.1, -0.05) is 91.0 Å². The quantitative estimate of drug-likeness (QED) is 0.185. The topological polar surface area (TPSA) is 35.6 Å². The fraction of sp³-hybridized carbons (Fsp3) is 0. The van der Waals surface area contributed by atoms with Gasteiger partial charge >= 0.3 is 0 Å². The summed E-state index contributed by atoms with van der Waals surface area (Å²) in [6.45, 7) is 0. The Morgan fingerprint density at radius 1 is 0.415 bits per heavy atom. The van der Waals surface area contributed by atoms with Crippen LogP contribution >= 0.6 is 11.3 Å². The highest BCUT2D eigenvalue weighted by Gasteiger charge is 2.27. The lowest BCUT2D eigenvalue weighted by Gasteiger charge is -2.15. The van der Waals surface area contributed by atoms with Crippen molar-refractivity contribution >= 4 is 96.9 Å². The highest BCUT2D eigenvalue weighted by molar-refractivity contribution is 7.26. The van der Waals surface area contributed by atoms with E-state index in [9.17, 15) is 0 Å². The van der Waals surface area contributed by atoms with E-state index < -0.39 is 0 Å². The Kier molecular flexibility index (Phi) is 5.22. The van der Waals surface area contributed by atoms with Crippen molar-refractivity contribution in [2.75, 3.05) is 0 Å². The molecule has 0 bridgehead atoms. The molecule has 0 radical (unpaired) electrons. The molecule has 8 aromatic carbocycles. The summed E-state index contributed by atoms with van der Waals surface area (Å²) >= 11 is 1.89. The van der Waals surface area contributed by atoms with E-state index in [2.05, 4.69) is 161 Å². The monoisotopic (exact) mass is 690 g/mol. The Balaban J connectivity index is 1.18. The number of hydrogen-bond acceptors (Lipinski definition) is 3. The van der Waals surface area contributed by atoms with Crippen LogP contribution in [-0.4, -0.2) is 19.1 Å². The molecule has 0 fully saturated rings. The fourth-order valence-corrected chi connectivity index (χ4v) is 10.4. The van der Waals surface area contributed by atoms with Crippen LogP contribution in [0.2, 0.25) is 0 Å². The lowest BCUT2D eigenvalue weighted by molar-refractivity contribution is 1.08. The van der Waals surface area contributed by atoms with E-state index in [1.54, 1.807) is 0 Å². The molecule has 53 heavy (non-hydrogen) atoms. The minimum Gasteiger partial charge on any atom is -0.309 e. The smallest absolute Gasteiger partial charge is 0.165 e. The van der Waals surface area contributed by atoms with E-state index in [0.29, 0.717) is 0 Å². The molecule has 13 rings (SSSR count). The number of hydrogen-bond donors (Lipinski definition) is 0. The van der Waals surface area contributed by atoms with Crippen LogP contribution in [-0.2, 0) is 0 Å². The van der Waals surface area contributed by atoms with Crippen LogP contribution in [0.4, 0.5) is 0 Å². The normalized spacial score (nSPS) is 12.5. The number of benzene rings is 8. The molecule has 4 heterocycles. The maximum Gasteiger partial charge on any atom is 0.165 e. The molecular formula is C48H26N4S. The lowest BCUT2D eigenvalue weighted by Crippen LogP contribution is -2.04. The van der Waals surface area contributed by atoms with Crippen molar-refractivity contribution in [2.24, 2.45) is 0 Å². The van der Waals surface area contributed by atoms with Gasteiger partial charge in [0.1, 0.15) is 5.69 Å². The summed E-state index contributed by atoms with van der Waals surface area (Å²) in [5, 5.41) is 10.2. The average Bonchev–Trinajstić information content (AvgIpc) is 3.84. The van der Waals surface area contributed by atoms with E-state index in [1.807, 2.05) is 17.4 Å². The van der Waals surface area contributed by atoms with Gasteiger partial charge in [0, 0.05) is 53.0 Å². The summed E-state index contributed by atoms with van der Waals surface area (Å²) in [5.74, 6) is 0.839. The number of fused-ring (bicyclic) bond motifs is 5. The first kappa shape index (κ1) is 27.8. The SMILES string of the molecule is c1ccc(-n2c3ccccc3c3cc(-c4nc5ccccc5nc4-n4c5ccc6cccc7c6c5c5c6c(ccc54)sc4cccc-7c46)ccc32)cc1. The minimum atomic E-state index is 0.839. The van der Waals surface area contributed by atoms with E-state index in [0.717, 1.165) is 50.3 Å². The molecule has 5 heteroatoms. The van der Waals surface area contributed by atoms with Gasteiger partial charge in [-0.05, 0) is 88.6 Å². The van der Waals surface area contributed by atoms with Crippen molar-refractivity contribution in [2.45, 2.75) is 0 Å². The molecule has 4 aromatic heterocycles. The molecule has 0 N–H and O–H groups in total. The van der Waals surface area contributed by atoms with Crippen molar-refractivity contribution in [3.8, 4) is 33.9 Å². The van der Waals surface area contributed by atoms with Crippen LogP contribution in [0.3, 0.4) is 0 Å². The first-order valence-corrected chi connectivity index (χ1v) is 18.8. The maximum absolute atomic E-state index is 5.51. The van der Waals surface area contributed by atoms with E-state index in [4.69, 9.17) is 9.97 Å². The third-order valence-electron chi connectivity index (χ3n) is 11.4. The molecular weight excluding hydrogens is 665 g/mol. The van der Waals surface area contributed by atoms with E-state index >= 15 is 0 Å². The van der Waals surface area contributed by atoms with E-state index in [-0.39, 0.29) is 0 Å². The fourth-order valence-electron chi connectivity index (χ4n) is 9.27. The largest absolute Gasteiger partial charge is 0.309 e. The second-order valence-electron chi connectivity index (χ2n) is 14.1. The molecule has 0 aliphatic heterocycles. The second kappa shape index (κ2) is 9.94. The van der Waals surface area contributed by atoms with Crippen molar-refractivity contribution in [3.05, 3.63) is 158 Å². The summed E-state index contributed by atoms with van der Waals surface area (Å²) in [6, 6.07) is 57.1. The maximum atomic E-state index is 5.51. The number of thiophene rings is 1. The molecule has 0 unspecified atom stereocenters. The van der Waals surface area contributed by atoms with Crippen molar-refractivity contribution in [3.63, 3.8) is 0 Å². The second-order valence-corrected chi connectivity index (χ2v) is 15.2. The number of para-hydroxylation sites is 4. The Labute approximate surface area is 306 Å². The Morgan fingerprint density at radius 2 is 1.09 bits per heavy atom. The van der Waals surface area contributed by atoms with Gasteiger partial charge in [0.2, 0.25) is 0 Å². The zero-order valence-electron chi connectivity index (χ0n) is 28.2. The van der Waals surface area contributed by atoms with Crippen LogP contribution in [0.15, 0.2) is 158 Å². The third kappa shape index (κ3) is 3.54. The number of nitrogens with zero attached hydrogens (tertiary/aromatic N) is 4. The number of rotatable bonds is 3. The third-order valence-corrected chi connectivity index (χ3v) is 12.5. The van der Waals surface area contributed by atoms with Crippen LogP contribution in [0.5, 0.6) is 0 Å². The average molecular weight is 691 g/mol. The van der Waals surface area contributed by atoms with Gasteiger partial charge in [0.05, 0.1) is 33.1 Å². The van der Waals surface area contributed by atoms with Crippen LogP contribution in [0.25, 0.3) is 119 Å². The summed E-state index contributed by atoms with van der Waals surface area (Å²) in [4.78, 5) is 11.0. The number of aromatic nitrogens is 4. The van der Waals surface area contributed by atoms with Crippen molar-refractivity contribution in [1.82, 2.24) is 19.1 Å². The van der Waals surface area contributed by atoms with Gasteiger partial charge in [0.25, 0.3) is 0 Å². The zero-order chi connectivity index (χ0) is 34.4. The first-order valence-electron chi connectivity index (χ1n) is 18.0. The van der Waals surface area contributed by atoms with Crippen LogP contribution in [0.1, 0.15) is 0 Å². The van der Waals surface area contributed by atoms with Gasteiger partial charge in [-0.3, -0.25) is 4.57 Å².